The first-order valence-corrected chi connectivity index (χ1v) is 10.7. The molecule has 0 bridgehead atoms. The normalized spacial score (nSPS) is 11.9. The number of nitrogens with zero attached hydrogens (tertiary/aromatic N) is 4. The van der Waals surface area contributed by atoms with Gasteiger partial charge in [0.1, 0.15) is 17.3 Å². The number of nitrogens with one attached hydrogen (secondary N) is 1. The van der Waals surface area contributed by atoms with Gasteiger partial charge >= 0.3 is 0 Å². The number of hydrogen-bond acceptors (Lipinski definition) is 4. The molecule has 0 saturated heterocycles. The van der Waals surface area contributed by atoms with E-state index in [9.17, 15) is 10.0 Å². The van der Waals surface area contributed by atoms with Crippen molar-refractivity contribution in [1.82, 2.24) is 14.5 Å². The van der Waals surface area contributed by atoms with Gasteiger partial charge in [-0.1, -0.05) is 44.0 Å². The molecule has 3 heterocycles. The van der Waals surface area contributed by atoms with Crippen LogP contribution in [-0.2, 0) is 11.3 Å². The third-order valence-electron chi connectivity index (χ3n) is 4.55. The SMILES string of the molecule is Cc1c[n+](O)c(Cn2cc(I)c3c(Cl)nc(NC(=O)C(C)(C)C)nc32)c(C)c1Cl. The van der Waals surface area contributed by atoms with Gasteiger partial charge in [-0.05, 0) is 36.4 Å². The lowest BCUT2D eigenvalue weighted by atomic mass is 9.96. The lowest BCUT2D eigenvalue weighted by Crippen LogP contribution is -2.37. The Morgan fingerprint density at radius 3 is 2.59 bits per heavy atom. The highest BCUT2D eigenvalue weighted by Gasteiger charge is 2.25. The number of fused-ring (bicyclic) bond motifs is 1. The summed E-state index contributed by atoms with van der Waals surface area (Å²) in [6.45, 7) is 9.40. The number of carbonyl (C=O) groups is 1. The molecule has 0 atom stereocenters. The van der Waals surface area contributed by atoms with Crippen molar-refractivity contribution in [2.75, 3.05) is 5.32 Å². The van der Waals surface area contributed by atoms with Crippen LogP contribution in [0.4, 0.5) is 5.95 Å². The number of hydrogen-bond donors (Lipinski definition) is 2. The van der Waals surface area contributed by atoms with E-state index in [4.69, 9.17) is 23.2 Å². The molecule has 0 saturated carbocycles. The molecule has 0 aliphatic heterocycles. The van der Waals surface area contributed by atoms with Gasteiger partial charge in [0.05, 0.1) is 10.4 Å². The molecule has 3 aromatic heterocycles. The van der Waals surface area contributed by atoms with E-state index in [0.717, 1.165) is 19.4 Å². The maximum atomic E-state index is 12.3. The van der Waals surface area contributed by atoms with Crippen LogP contribution in [0, 0.1) is 22.8 Å². The van der Waals surface area contributed by atoms with Crippen LogP contribution in [0.1, 0.15) is 37.6 Å². The summed E-state index contributed by atoms with van der Waals surface area (Å²) in [4.78, 5) is 21.1. The molecule has 0 fully saturated rings. The first-order valence-electron chi connectivity index (χ1n) is 8.83. The minimum Gasteiger partial charge on any atom is -0.320 e. The molecule has 1 amide bonds. The Bertz CT molecular complexity index is 1140. The van der Waals surface area contributed by atoms with Gasteiger partial charge in [0.15, 0.2) is 0 Å². The monoisotopic (exact) mass is 548 g/mol. The lowest BCUT2D eigenvalue weighted by molar-refractivity contribution is -0.910. The quantitative estimate of drug-likeness (QED) is 0.218. The molecule has 3 aromatic rings. The molecule has 0 radical (unpaired) electrons. The van der Waals surface area contributed by atoms with Gasteiger partial charge in [-0.2, -0.15) is 9.97 Å². The first-order chi connectivity index (χ1) is 13.4. The molecule has 10 heteroatoms. The summed E-state index contributed by atoms with van der Waals surface area (Å²) in [5, 5.41) is 14.6. The minimum absolute atomic E-state index is 0.133. The summed E-state index contributed by atoms with van der Waals surface area (Å²) >= 11 is 14.9. The highest BCUT2D eigenvalue weighted by atomic mass is 127. The number of amides is 1. The molecule has 0 aliphatic carbocycles. The van der Waals surface area contributed by atoms with Crippen LogP contribution in [0.15, 0.2) is 12.4 Å². The van der Waals surface area contributed by atoms with Crippen LogP contribution in [0.25, 0.3) is 11.0 Å². The molecular formula is C19H21Cl2IN5O2+. The van der Waals surface area contributed by atoms with Gasteiger partial charge < -0.3 is 4.57 Å². The van der Waals surface area contributed by atoms with Crippen molar-refractivity contribution >= 4 is 68.7 Å². The molecule has 0 unspecified atom stereocenters. The first kappa shape index (κ1) is 22.0. The Balaban J connectivity index is 2.10. The van der Waals surface area contributed by atoms with Gasteiger partial charge in [0, 0.05) is 31.0 Å². The number of carbonyl (C=O) groups excluding carboxylic acids is 1. The van der Waals surface area contributed by atoms with Crippen LogP contribution in [-0.4, -0.2) is 25.6 Å². The van der Waals surface area contributed by atoms with Crippen LogP contribution >= 0.6 is 45.8 Å². The van der Waals surface area contributed by atoms with Crippen molar-refractivity contribution < 1.29 is 14.7 Å². The second-order valence-corrected chi connectivity index (χ2v) is 9.79. The molecule has 3 rings (SSSR count). The summed E-state index contributed by atoms with van der Waals surface area (Å²) in [6, 6.07) is 0. The predicted octanol–water partition coefficient (Wildman–Crippen LogP) is 4.52. The van der Waals surface area contributed by atoms with Crippen molar-refractivity contribution in [1.29, 1.82) is 0 Å². The van der Waals surface area contributed by atoms with E-state index in [2.05, 4.69) is 37.9 Å². The number of rotatable bonds is 3. The Morgan fingerprint density at radius 1 is 1.31 bits per heavy atom. The van der Waals surface area contributed by atoms with Crippen molar-refractivity contribution in [2.45, 2.75) is 41.2 Å². The van der Waals surface area contributed by atoms with E-state index < -0.39 is 5.41 Å². The number of anilines is 1. The number of aryl methyl sites for hydroxylation is 1. The van der Waals surface area contributed by atoms with E-state index in [1.54, 1.807) is 27.0 Å². The van der Waals surface area contributed by atoms with Crippen LogP contribution in [0.2, 0.25) is 10.2 Å². The standard InChI is InChI=1S/C19H20Cl2IN5O2/c1-9-6-27(29)12(10(2)14(9)20)8-26-7-11(22)13-15(21)23-18(24-16(13)26)25-17(28)19(3,4)5/h6-7H,8H2,1-5H3,(H-,23,24,25,28,29)/p+1. The summed E-state index contributed by atoms with van der Waals surface area (Å²) in [5.41, 5.74) is 2.12. The highest BCUT2D eigenvalue weighted by molar-refractivity contribution is 14.1. The van der Waals surface area contributed by atoms with Gasteiger partial charge in [-0.3, -0.25) is 15.3 Å². The lowest BCUT2D eigenvalue weighted by Gasteiger charge is -2.16. The van der Waals surface area contributed by atoms with E-state index in [1.807, 2.05) is 24.6 Å². The highest BCUT2D eigenvalue weighted by Crippen LogP contribution is 2.30. The van der Waals surface area contributed by atoms with Crippen molar-refractivity contribution in [3.8, 4) is 0 Å². The van der Waals surface area contributed by atoms with Crippen LogP contribution in [0.3, 0.4) is 0 Å². The Hall–Kier alpha value is -1.65. The second kappa shape index (κ2) is 7.88. The van der Waals surface area contributed by atoms with Gasteiger partial charge in [0.2, 0.25) is 18.1 Å². The van der Waals surface area contributed by atoms with Crippen LogP contribution < -0.4 is 10.0 Å². The van der Waals surface area contributed by atoms with Gasteiger partial charge in [0.25, 0.3) is 5.69 Å². The number of pyridine rings is 1. The zero-order chi connectivity index (χ0) is 21.7. The topological polar surface area (TPSA) is 83.9 Å². The third kappa shape index (κ3) is 4.29. The molecule has 154 valence electrons. The molecule has 0 spiro atoms. The predicted molar refractivity (Wildman–Crippen MR) is 121 cm³/mol. The van der Waals surface area contributed by atoms with Crippen molar-refractivity contribution in [3.63, 3.8) is 0 Å². The van der Waals surface area contributed by atoms with Crippen LogP contribution in [0.5, 0.6) is 0 Å². The second-order valence-electron chi connectivity index (χ2n) is 7.89. The minimum atomic E-state index is -0.598. The maximum absolute atomic E-state index is 12.3. The largest absolute Gasteiger partial charge is 0.320 e. The summed E-state index contributed by atoms with van der Waals surface area (Å²) in [7, 11) is 0. The molecular weight excluding hydrogens is 528 g/mol. The average Bonchev–Trinajstić information content (AvgIpc) is 2.92. The fourth-order valence-corrected chi connectivity index (χ4v) is 4.24. The third-order valence-corrected chi connectivity index (χ3v) is 6.23. The van der Waals surface area contributed by atoms with E-state index >= 15 is 0 Å². The number of aromatic nitrogens is 4. The fraction of sp³-hybridized carbons (Fsp3) is 0.368. The average molecular weight is 549 g/mol. The number of halogens is 3. The zero-order valence-corrected chi connectivity index (χ0v) is 20.3. The molecule has 7 nitrogen and oxygen atoms in total. The smallest absolute Gasteiger partial charge is 0.258 e. The Morgan fingerprint density at radius 2 is 1.97 bits per heavy atom. The van der Waals surface area contributed by atoms with Crippen molar-refractivity contribution in [3.05, 3.63) is 43.0 Å². The Labute approximate surface area is 192 Å². The van der Waals surface area contributed by atoms with Gasteiger partial charge in [-0.15, -0.1) is 0 Å². The molecule has 0 aromatic carbocycles. The fourth-order valence-electron chi connectivity index (χ4n) is 2.83. The molecule has 0 aliphatic rings. The molecule has 2 N–H and O–H groups in total. The van der Waals surface area contributed by atoms with Crippen molar-refractivity contribution in [2.24, 2.45) is 5.41 Å². The summed E-state index contributed by atoms with van der Waals surface area (Å²) in [6.07, 6.45) is 3.44. The zero-order valence-electron chi connectivity index (χ0n) is 16.6. The Kier molecular flexibility index (Phi) is 5.99. The van der Waals surface area contributed by atoms with Gasteiger partial charge in [-0.25, -0.2) is 0 Å². The van der Waals surface area contributed by atoms with E-state index in [1.165, 1.54) is 0 Å². The maximum Gasteiger partial charge on any atom is 0.258 e. The van der Waals surface area contributed by atoms with E-state index in [-0.39, 0.29) is 17.0 Å². The molecule has 29 heavy (non-hydrogen) atoms. The summed E-state index contributed by atoms with van der Waals surface area (Å²) in [5.74, 6) is -0.0798. The van der Waals surface area contributed by atoms with E-state index in [0.29, 0.717) is 28.3 Å². The summed E-state index contributed by atoms with van der Waals surface area (Å²) < 4.78 is 3.77.